The Morgan fingerprint density at radius 3 is 2.48 bits per heavy atom. The standard InChI is InChI=1S/C16H15ClN2OS/c1-3-19(16(20)14-8-9-15(17)21-14)11(2)13-6-4-12(10-18)5-7-13/h4-9,11H,3H2,1-2H3. The second-order valence-electron chi connectivity index (χ2n) is 4.60. The number of thiophene rings is 1. The van der Waals surface area contributed by atoms with Gasteiger partial charge in [-0.25, -0.2) is 0 Å². The van der Waals surface area contributed by atoms with Gasteiger partial charge in [-0.05, 0) is 43.7 Å². The van der Waals surface area contributed by atoms with Crippen LogP contribution in [0, 0.1) is 11.3 Å². The first-order chi connectivity index (χ1) is 10.1. The van der Waals surface area contributed by atoms with Gasteiger partial charge in [-0.3, -0.25) is 4.79 Å². The molecule has 0 aliphatic heterocycles. The van der Waals surface area contributed by atoms with Crippen LogP contribution in [-0.4, -0.2) is 17.4 Å². The fraction of sp³-hybridized carbons (Fsp3) is 0.250. The molecule has 5 heteroatoms. The summed E-state index contributed by atoms with van der Waals surface area (Å²) in [6.45, 7) is 4.54. The van der Waals surface area contributed by atoms with E-state index in [1.54, 1.807) is 29.2 Å². The van der Waals surface area contributed by atoms with Crippen LogP contribution in [0.25, 0.3) is 0 Å². The Morgan fingerprint density at radius 2 is 2.00 bits per heavy atom. The molecule has 0 aliphatic carbocycles. The third-order valence-electron chi connectivity index (χ3n) is 3.38. The number of carbonyl (C=O) groups excluding carboxylic acids is 1. The molecule has 0 saturated carbocycles. The van der Waals surface area contributed by atoms with Crippen molar-refractivity contribution in [1.29, 1.82) is 5.26 Å². The van der Waals surface area contributed by atoms with Crippen LogP contribution in [0.4, 0.5) is 0 Å². The number of hydrogen-bond acceptors (Lipinski definition) is 3. The Morgan fingerprint density at radius 1 is 1.33 bits per heavy atom. The maximum absolute atomic E-state index is 12.6. The molecule has 1 aromatic heterocycles. The van der Waals surface area contributed by atoms with Crippen molar-refractivity contribution >= 4 is 28.8 Å². The molecule has 0 spiro atoms. The van der Waals surface area contributed by atoms with Gasteiger partial charge in [0.05, 0.1) is 26.9 Å². The van der Waals surface area contributed by atoms with Gasteiger partial charge in [-0.15, -0.1) is 11.3 Å². The van der Waals surface area contributed by atoms with Gasteiger partial charge >= 0.3 is 0 Å². The fourth-order valence-corrected chi connectivity index (χ4v) is 3.18. The summed E-state index contributed by atoms with van der Waals surface area (Å²) in [7, 11) is 0. The number of benzene rings is 1. The van der Waals surface area contributed by atoms with Crippen molar-refractivity contribution in [2.24, 2.45) is 0 Å². The number of rotatable bonds is 4. The van der Waals surface area contributed by atoms with Gasteiger partial charge in [0.25, 0.3) is 5.91 Å². The fourth-order valence-electron chi connectivity index (χ4n) is 2.18. The van der Waals surface area contributed by atoms with Gasteiger partial charge in [-0.1, -0.05) is 23.7 Å². The van der Waals surface area contributed by atoms with E-state index in [1.165, 1.54) is 11.3 Å². The summed E-state index contributed by atoms with van der Waals surface area (Å²) in [5, 5.41) is 8.84. The molecule has 2 aromatic rings. The number of nitriles is 1. The molecule has 1 heterocycles. The van der Waals surface area contributed by atoms with Gasteiger partial charge in [-0.2, -0.15) is 5.26 Å². The Labute approximate surface area is 133 Å². The quantitative estimate of drug-likeness (QED) is 0.833. The van der Waals surface area contributed by atoms with Crippen molar-refractivity contribution in [3.8, 4) is 6.07 Å². The summed E-state index contributed by atoms with van der Waals surface area (Å²) in [5.74, 6) is -0.0220. The normalized spacial score (nSPS) is 11.7. The average Bonchev–Trinajstić information content (AvgIpc) is 2.94. The lowest BCUT2D eigenvalue weighted by Gasteiger charge is -2.28. The third-order valence-corrected chi connectivity index (χ3v) is 4.59. The predicted molar refractivity (Wildman–Crippen MR) is 85.6 cm³/mol. The molecule has 3 nitrogen and oxygen atoms in total. The van der Waals surface area contributed by atoms with Crippen LogP contribution in [0.15, 0.2) is 36.4 Å². The van der Waals surface area contributed by atoms with Crippen molar-refractivity contribution in [2.75, 3.05) is 6.54 Å². The molecular formula is C16H15ClN2OS. The summed E-state index contributed by atoms with van der Waals surface area (Å²) < 4.78 is 0.612. The van der Waals surface area contributed by atoms with Crippen LogP contribution >= 0.6 is 22.9 Å². The maximum Gasteiger partial charge on any atom is 0.264 e. The van der Waals surface area contributed by atoms with Crippen LogP contribution in [0.5, 0.6) is 0 Å². The van der Waals surface area contributed by atoms with E-state index in [4.69, 9.17) is 16.9 Å². The molecule has 0 fully saturated rings. The summed E-state index contributed by atoms with van der Waals surface area (Å²) in [4.78, 5) is 15.0. The lowest BCUT2D eigenvalue weighted by Crippen LogP contribution is -2.32. The molecule has 21 heavy (non-hydrogen) atoms. The summed E-state index contributed by atoms with van der Waals surface area (Å²) in [5.41, 5.74) is 1.62. The smallest absolute Gasteiger partial charge is 0.264 e. The Balaban J connectivity index is 2.23. The van der Waals surface area contributed by atoms with E-state index in [9.17, 15) is 4.79 Å². The van der Waals surface area contributed by atoms with E-state index in [-0.39, 0.29) is 11.9 Å². The van der Waals surface area contributed by atoms with Crippen LogP contribution in [-0.2, 0) is 0 Å². The molecule has 0 bridgehead atoms. The van der Waals surface area contributed by atoms with Crippen molar-refractivity contribution in [3.63, 3.8) is 0 Å². The average molecular weight is 319 g/mol. The minimum atomic E-state index is -0.0591. The second-order valence-corrected chi connectivity index (χ2v) is 6.32. The van der Waals surface area contributed by atoms with Crippen LogP contribution < -0.4 is 0 Å². The molecule has 1 amide bonds. The van der Waals surface area contributed by atoms with Crippen LogP contribution in [0.1, 0.15) is 40.7 Å². The van der Waals surface area contributed by atoms with Gasteiger partial charge in [0.2, 0.25) is 0 Å². The highest BCUT2D eigenvalue weighted by atomic mass is 35.5. The monoisotopic (exact) mass is 318 g/mol. The van der Waals surface area contributed by atoms with Gasteiger partial charge in [0, 0.05) is 6.54 Å². The SMILES string of the molecule is CCN(C(=O)c1ccc(Cl)s1)C(C)c1ccc(C#N)cc1. The molecule has 2 rings (SSSR count). The highest BCUT2D eigenvalue weighted by Crippen LogP contribution is 2.27. The van der Waals surface area contributed by atoms with Crippen LogP contribution in [0.3, 0.4) is 0 Å². The number of hydrogen-bond donors (Lipinski definition) is 0. The Bertz CT molecular complexity index is 672. The molecule has 1 aromatic carbocycles. The highest BCUT2D eigenvalue weighted by Gasteiger charge is 2.22. The predicted octanol–water partition coefficient (Wildman–Crippen LogP) is 4.50. The number of carbonyl (C=O) groups is 1. The zero-order valence-corrected chi connectivity index (χ0v) is 13.4. The zero-order valence-electron chi connectivity index (χ0n) is 11.8. The Hall–Kier alpha value is -1.83. The van der Waals surface area contributed by atoms with E-state index in [0.717, 1.165) is 5.56 Å². The maximum atomic E-state index is 12.6. The second kappa shape index (κ2) is 6.75. The number of halogens is 1. The molecular weight excluding hydrogens is 304 g/mol. The zero-order chi connectivity index (χ0) is 15.4. The third kappa shape index (κ3) is 3.44. The van der Waals surface area contributed by atoms with Crippen LogP contribution in [0.2, 0.25) is 4.34 Å². The van der Waals surface area contributed by atoms with Gasteiger partial charge in [0.15, 0.2) is 0 Å². The minimum Gasteiger partial charge on any atom is -0.331 e. The summed E-state index contributed by atoms with van der Waals surface area (Å²) >= 11 is 7.19. The number of nitrogens with zero attached hydrogens (tertiary/aromatic N) is 2. The van der Waals surface area contributed by atoms with E-state index < -0.39 is 0 Å². The van der Waals surface area contributed by atoms with Gasteiger partial charge in [0.1, 0.15) is 0 Å². The lowest BCUT2D eigenvalue weighted by atomic mass is 10.0. The first kappa shape index (κ1) is 15.6. The molecule has 108 valence electrons. The van der Waals surface area contributed by atoms with E-state index in [0.29, 0.717) is 21.3 Å². The first-order valence-corrected chi connectivity index (χ1v) is 7.82. The van der Waals surface area contributed by atoms with Gasteiger partial charge < -0.3 is 4.90 Å². The largest absolute Gasteiger partial charge is 0.331 e. The highest BCUT2D eigenvalue weighted by molar-refractivity contribution is 7.17. The molecule has 0 saturated heterocycles. The lowest BCUT2D eigenvalue weighted by molar-refractivity contribution is 0.0707. The van der Waals surface area contributed by atoms with E-state index in [1.807, 2.05) is 26.0 Å². The summed E-state index contributed by atoms with van der Waals surface area (Å²) in [6.07, 6.45) is 0. The van der Waals surface area contributed by atoms with E-state index in [2.05, 4.69) is 6.07 Å². The van der Waals surface area contributed by atoms with Crippen molar-refractivity contribution < 1.29 is 4.79 Å². The topological polar surface area (TPSA) is 44.1 Å². The number of amides is 1. The van der Waals surface area contributed by atoms with Crippen molar-refractivity contribution in [3.05, 3.63) is 56.7 Å². The Kier molecular flexibility index (Phi) is 5.00. The molecule has 0 radical (unpaired) electrons. The van der Waals surface area contributed by atoms with Crippen molar-refractivity contribution in [1.82, 2.24) is 4.90 Å². The summed E-state index contributed by atoms with van der Waals surface area (Å²) in [6, 6.07) is 12.8. The molecule has 0 aliphatic rings. The van der Waals surface area contributed by atoms with E-state index >= 15 is 0 Å². The molecule has 1 atom stereocenters. The first-order valence-electron chi connectivity index (χ1n) is 6.63. The minimum absolute atomic E-state index is 0.0220. The molecule has 0 N–H and O–H groups in total. The van der Waals surface area contributed by atoms with Crippen molar-refractivity contribution in [2.45, 2.75) is 19.9 Å². The molecule has 1 unspecified atom stereocenters.